The molecule has 0 aromatic rings. The second-order valence-electron chi connectivity index (χ2n) is 7.44. The lowest BCUT2D eigenvalue weighted by molar-refractivity contribution is -0.136. The van der Waals surface area contributed by atoms with Gasteiger partial charge in [-0.3, -0.25) is 9.59 Å². The van der Waals surface area contributed by atoms with Crippen molar-refractivity contribution in [3.8, 4) is 0 Å². The minimum atomic E-state index is -0.348. The molecule has 0 aromatic carbocycles. The molecule has 0 aromatic heterocycles. The van der Waals surface area contributed by atoms with Gasteiger partial charge in [0.05, 0.1) is 5.92 Å². The maximum atomic E-state index is 12.4. The van der Waals surface area contributed by atoms with E-state index in [1.165, 1.54) is 0 Å². The first kappa shape index (κ1) is 19.2. The number of nitrogens with zero attached hydrogens (tertiary/aromatic N) is 1. The molecule has 2 aliphatic rings. The van der Waals surface area contributed by atoms with Crippen LogP contribution in [0.4, 0.5) is 0 Å². The monoisotopic (exact) mass is 331 g/mol. The quantitative estimate of drug-likeness (QED) is 0.822. The summed E-state index contributed by atoms with van der Waals surface area (Å²) in [6.07, 6.45) is 3.10. The number of halogens is 1. The van der Waals surface area contributed by atoms with Gasteiger partial charge in [-0.25, -0.2) is 0 Å². The van der Waals surface area contributed by atoms with E-state index in [9.17, 15) is 9.59 Å². The minimum Gasteiger partial charge on any atom is -0.355 e. The maximum absolute atomic E-state index is 12.4. The molecule has 2 unspecified atom stereocenters. The van der Waals surface area contributed by atoms with E-state index in [4.69, 9.17) is 0 Å². The molecule has 22 heavy (non-hydrogen) atoms. The molecule has 2 atom stereocenters. The Balaban J connectivity index is 0.00000242. The molecule has 0 bridgehead atoms. The lowest BCUT2D eigenvalue weighted by Gasteiger charge is -2.34. The largest absolute Gasteiger partial charge is 0.355 e. The van der Waals surface area contributed by atoms with Gasteiger partial charge in [-0.15, -0.1) is 12.4 Å². The van der Waals surface area contributed by atoms with E-state index < -0.39 is 0 Å². The van der Waals surface area contributed by atoms with Gasteiger partial charge in [-0.1, -0.05) is 20.8 Å². The molecule has 2 amide bonds. The molecule has 128 valence electrons. The van der Waals surface area contributed by atoms with E-state index in [0.29, 0.717) is 18.4 Å². The van der Waals surface area contributed by atoms with Crippen molar-refractivity contribution in [3.05, 3.63) is 0 Å². The van der Waals surface area contributed by atoms with Crippen LogP contribution in [0.1, 0.15) is 40.0 Å². The van der Waals surface area contributed by atoms with Crippen LogP contribution in [-0.4, -0.2) is 49.4 Å². The summed E-state index contributed by atoms with van der Waals surface area (Å²) in [7, 11) is 0. The number of carbonyl (C=O) groups is 2. The van der Waals surface area contributed by atoms with E-state index in [2.05, 4.69) is 10.6 Å². The van der Waals surface area contributed by atoms with E-state index >= 15 is 0 Å². The number of hydrogen-bond donors (Lipinski definition) is 2. The summed E-state index contributed by atoms with van der Waals surface area (Å²) >= 11 is 0. The molecule has 2 rings (SSSR count). The molecule has 0 aliphatic carbocycles. The third kappa shape index (κ3) is 5.13. The molecule has 0 radical (unpaired) electrons. The highest BCUT2D eigenvalue weighted by Gasteiger charge is 2.31. The molecule has 6 heteroatoms. The van der Waals surface area contributed by atoms with Crippen molar-refractivity contribution < 1.29 is 9.59 Å². The second-order valence-corrected chi connectivity index (χ2v) is 7.44. The van der Waals surface area contributed by atoms with Gasteiger partial charge in [0.2, 0.25) is 11.8 Å². The molecule has 5 nitrogen and oxygen atoms in total. The second kappa shape index (κ2) is 8.16. The van der Waals surface area contributed by atoms with Crippen LogP contribution >= 0.6 is 12.4 Å². The molecule has 2 fully saturated rings. The SMILES string of the molecule is CC(C)(C)C(=O)NCC1CCCN(C(=O)C2CCNC2)C1.Cl. The number of carbonyl (C=O) groups excluding carboxylic acids is 2. The summed E-state index contributed by atoms with van der Waals surface area (Å²) in [5.41, 5.74) is -0.348. The lowest BCUT2D eigenvalue weighted by atomic mass is 9.93. The van der Waals surface area contributed by atoms with Crippen LogP contribution < -0.4 is 10.6 Å². The Bertz CT molecular complexity index is 389. The van der Waals surface area contributed by atoms with E-state index in [1.807, 2.05) is 25.7 Å². The van der Waals surface area contributed by atoms with Crippen LogP contribution in [0.3, 0.4) is 0 Å². The fraction of sp³-hybridized carbons (Fsp3) is 0.875. The molecular formula is C16H30ClN3O2. The van der Waals surface area contributed by atoms with E-state index in [1.54, 1.807) is 0 Å². The Morgan fingerprint density at radius 2 is 2.00 bits per heavy atom. The van der Waals surface area contributed by atoms with Gasteiger partial charge >= 0.3 is 0 Å². The van der Waals surface area contributed by atoms with Crippen molar-refractivity contribution in [3.63, 3.8) is 0 Å². The third-order valence-electron chi connectivity index (χ3n) is 4.47. The van der Waals surface area contributed by atoms with Crippen LogP contribution in [0.5, 0.6) is 0 Å². The van der Waals surface area contributed by atoms with Gasteiger partial charge < -0.3 is 15.5 Å². The Hall–Kier alpha value is -0.810. The fourth-order valence-electron chi connectivity index (χ4n) is 3.06. The summed E-state index contributed by atoms with van der Waals surface area (Å²) in [5.74, 6) is 0.939. The first-order valence-electron chi connectivity index (χ1n) is 8.15. The summed E-state index contributed by atoms with van der Waals surface area (Å²) in [6.45, 7) is 9.89. The minimum absolute atomic E-state index is 0. The Kier molecular flexibility index (Phi) is 7.13. The van der Waals surface area contributed by atoms with Gasteiger partial charge in [-0.2, -0.15) is 0 Å². The van der Waals surface area contributed by atoms with Crippen molar-refractivity contribution >= 4 is 24.2 Å². The molecule has 2 aliphatic heterocycles. The third-order valence-corrected chi connectivity index (χ3v) is 4.47. The standard InChI is InChI=1S/C16H29N3O2.ClH/c1-16(2,3)15(21)18-9-12-5-4-8-19(11-12)14(20)13-6-7-17-10-13;/h12-13,17H,4-11H2,1-3H3,(H,18,21);1H. The van der Waals surface area contributed by atoms with Gasteiger partial charge in [0.15, 0.2) is 0 Å². The van der Waals surface area contributed by atoms with Crippen LogP contribution in [0.25, 0.3) is 0 Å². The van der Waals surface area contributed by atoms with Crippen LogP contribution in [0.2, 0.25) is 0 Å². The van der Waals surface area contributed by atoms with Gasteiger partial charge in [0, 0.05) is 31.6 Å². The van der Waals surface area contributed by atoms with E-state index in [0.717, 1.165) is 45.4 Å². The van der Waals surface area contributed by atoms with E-state index in [-0.39, 0.29) is 29.6 Å². The zero-order valence-electron chi connectivity index (χ0n) is 14.0. The number of hydrogen-bond acceptors (Lipinski definition) is 3. The van der Waals surface area contributed by atoms with Gasteiger partial charge in [0.1, 0.15) is 0 Å². The Morgan fingerprint density at radius 1 is 1.27 bits per heavy atom. The Labute approximate surface area is 140 Å². The van der Waals surface area contributed by atoms with Gasteiger partial charge in [-0.05, 0) is 31.7 Å². The van der Waals surface area contributed by atoms with Crippen LogP contribution in [0.15, 0.2) is 0 Å². The summed E-state index contributed by atoms with van der Waals surface area (Å²) < 4.78 is 0. The van der Waals surface area contributed by atoms with Crippen molar-refractivity contribution in [2.24, 2.45) is 17.3 Å². The number of likely N-dealkylation sites (tertiary alicyclic amines) is 1. The average Bonchev–Trinajstić information content (AvgIpc) is 2.97. The van der Waals surface area contributed by atoms with Crippen molar-refractivity contribution in [2.75, 3.05) is 32.7 Å². The fourth-order valence-corrected chi connectivity index (χ4v) is 3.06. The summed E-state index contributed by atoms with van der Waals surface area (Å²) in [4.78, 5) is 26.4. The summed E-state index contributed by atoms with van der Waals surface area (Å²) in [6, 6.07) is 0. The zero-order chi connectivity index (χ0) is 15.5. The predicted molar refractivity (Wildman–Crippen MR) is 90.0 cm³/mol. The Morgan fingerprint density at radius 3 is 2.59 bits per heavy atom. The number of nitrogens with one attached hydrogen (secondary N) is 2. The van der Waals surface area contributed by atoms with Crippen molar-refractivity contribution in [1.82, 2.24) is 15.5 Å². The average molecular weight is 332 g/mol. The molecule has 2 heterocycles. The normalized spacial score (nSPS) is 25.5. The predicted octanol–water partition coefficient (Wildman–Crippen LogP) is 1.42. The highest BCUT2D eigenvalue weighted by molar-refractivity contribution is 5.85. The lowest BCUT2D eigenvalue weighted by Crippen LogP contribution is -2.47. The van der Waals surface area contributed by atoms with Crippen molar-refractivity contribution in [1.29, 1.82) is 0 Å². The first-order chi connectivity index (χ1) is 9.88. The zero-order valence-corrected chi connectivity index (χ0v) is 14.8. The highest BCUT2D eigenvalue weighted by Crippen LogP contribution is 2.20. The topological polar surface area (TPSA) is 61.4 Å². The molecule has 2 N–H and O–H groups in total. The maximum Gasteiger partial charge on any atom is 0.227 e. The number of rotatable bonds is 3. The van der Waals surface area contributed by atoms with Crippen LogP contribution in [-0.2, 0) is 9.59 Å². The number of piperidine rings is 1. The molecule has 2 saturated heterocycles. The molecule has 0 spiro atoms. The summed E-state index contributed by atoms with van der Waals surface area (Å²) in [5, 5.41) is 6.29. The smallest absolute Gasteiger partial charge is 0.227 e. The van der Waals surface area contributed by atoms with Crippen LogP contribution in [0, 0.1) is 17.3 Å². The van der Waals surface area contributed by atoms with Gasteiger partial charge in [0.25, 0.3) is 0 Å². The molecular weight excluding hydrogens is 302 g/mol. The highest BCUT2D eigenvalue weighted by atomic mass is 35.5. The first-order valence-corrected chi connectivity index (χ1v) is 8.15. The van der Waals surface area contributed by atoms with Crippen molar-refractivity contribution in [2.45, 2.75) is 40.0 Å². The number of amides is 2. The molecule has 0 saturated carbocycles.